The number of H-pyrrole nitrogens is 1. The van der Waals surface area contributed by atoms with Crippen LogP contribution in [0.15, 0.2) is 40.2 Å². The average Bonchev–Trinajstić information content (AvgIpc) is 3.14. The van der Waals surface area contributed by atoms with Gasteiger partial charge in [0.05, 0.1) is 11.7 Å². The molecule has 9 nitrogen and oxygen atoms in total. The molecule has 0 spiro atoms. The smallest absolute Gasteiger partial charge is 0.333 e. The minimum atomic E-state index is -0.446. The second-order valence-corrected chi connectivity index (χ2v) is 6.97. The SMILES string of the molecule is CCc1cc(=O)n2[nH]c(C3CCCCN3C(=O)Cn3cccnc3=O)cc2n1. The Hall–Kier alpha value is -3.23. The van der Waals surface area contributed by atoms with E-state index in [0.29, 0.717) is 18.6 Å². The molecule has 28 heavy (non-hydrogen) atoms. The highest BCUT2D eigenvalue weighted by Gasteiger charge is 2.29. The van der Waals surface area contributed by atoms with Crippen LogP contribution in [0.2, 0.25) is 0 Å². The number of piperidine rings is 1. The highest BCUT2D eigenvalue weighted by molar-refractivity contribution is 5.76. The Morgan fingerprint density at radius 2 is 2.14 bits per heavy atom. The van der Waals surface area contributed by atoms with Crippen LogP contribution in [0.25, 0.3) is 5.65 Å². The second kappa shape index (κ2) is 7.41. The highest BCUT2D eigenvalue weighted by Crippen LogP contribution is 2.30. The number of hydrogen-bond acceptors (Lipinski definition) is 5. The Labute approximate surface area is 160 Å². The third-order valence-electron chi connectivity index (χ3n) is 5.16. The molecular weight excluding hydrogens is 360 g/mol. The van der Waals surface area contributed by atoms with Gasteiger partial charge >= 0.3 is 5.69 Å². The topological polar surface area (TPSA) is 105 Å². The third kappa shape index (κ3) is 3.35. The predicted octanol–water partition coefficient (Wildman–Crippen LogP) is 0.895. The van der Waals surface area contributed by atoms with Gasteiger partial charge in [-0.3, -0.25) is 19.3 Å². The number of hydrogen-bond donors (Lipinski definition) is 1. The molecule has 1 amide bonds. The number of nitrogens with zero attached hydrogens (tertiary/aromatic N) is 5. The van der Waals surface area contributed by atoms with Gasteiger partial charge < -0.3 is 4.90 Å². The molecule has 4 rings (SSSR count). The molecule has 1 saturated heterocycles. The third-order valence-corrected chi connectivity index (χ3v) is 5.16. The molecule has 0 aliphatic carbocycles. The summed E-state index contributed by atoms with van der Waals surface area (Å²) in [5.74, 6) is -0.145. The molecule has 9 heteroatoms. The molecule has 0 radical (unpaired) electrons. The van der Waals surface area contributed by atoms with Gasteiger partial charge in [0.2, 0.25) is 5.91 Å². The van der Waals surface area contributed by atoms with Crippen LogP contribution in [0.1, 0.15) is 43.6 Å². The van der Waals surface area contributed by atoms with Crippen LogP contribution < -0.4 is 11.2 Å². The van der Waals surface area contributed by atoms with E-state index in [1.165, 1.54) is 21.3 Å². The van der Waals surface area contributed by atoms with Crippen LogP contribution in [-0.4, -0.2) is 41.5 Å². The lowest BCUT2D eigenvalue weighted by Crippen LogP contribution is -2.42. The number of amides is 1. The lowest BCUT2D eigenvalue weighted by atomic mass is 9.99. The van der Waals surface area contributed by atoms with E-state index in [1.54, 1.807) is 17.2 Å². The number of carbonyl (C=O) groups excluding carboxylic acids is 1. The largest absolute Gasteiger partial charge is 0.347 e. The van der Waals surface area contributed by atoms with Crippen LogP contribution in [-0.2, 0) is 17.8 Å². The average molecular weight is 382 g/mol. The van der Waals surface area contributed by atoms with Crippen molar-refractivity contribution in [2.45, 2.75) is 45.2 Å². The van der Waals surface area contributed by atoms with Crippen molar-refractivity contribution in [3.8, 4) is 0 Å². The fourth-order valence-corrected chi connectivity index (χ4v) is 3.71. The summed E-state index contributed by atoms with van der Waals surface area (Å²) in [6.45, 7) is 2.51. The summed E-state index contributed by atoms with van der Waals surface area (Å²) < 4.78 is 2.72. The summed E-state index contributed by atoms with van der Waals surface area (Å²) in [6.07, 6.45) is 6.33. The van der Waals surface area contributed by atoms with Gasteiger partial charge in [-0.1, -0.05) is 6.92 Å². The maximum atomic E-state index is 12.9. The lowest BCUT2D eigenvalue weighted by Gasteiger charge is -2.35. The van der Waals surface area contributed by atoms with Crippen LogP contribution in [0, 0.1) is 0 Å². The first-order chi connectivity index (χ1) is 13.6. The fraction of sp³-hybridized carbons (Fsp3) is 0.421. The molecule has 1 fully saturated rings. The Balaban J connectivity index is 1.65. The molecule has 1 aliphatic heterocycles. The zero-order valence-electron chi connectivity index (χ0n) is 15.7. The van der Waals surface area contributed by atoms with Crippen LogP contribution in [0.3, 0.4) is 0 Å². The number of aryl methyl sites for hydroxylation is 1. The molecule has 1 unspecified atom stereocenters. The van der Waals surface area contributed by atoms with E-state index < -0.39 is 5.69 Å². The van der Waals surface area contributed by atoms with Crippen molar-refractivity contribution in [1.82, 2.24) is 29.0 Å². The number of nitrogens with one attached hydrogen (secondary N) is 1. The Kier molecular flexibility index (Phi) is 4.81. The van der Waals surface area contributed by atoms with E-state index in [4.69, 9.17) is 0 Å². The standard InChI is InChI=1S/C19H22N6O3/c1-2-13-10-17(26)25-16(21-13)11-14(22-25)15-6-3-4-9-24(15)18(27)12-23-8-5-7-20-19(23)28/h5,7-8,10-11,15,22H,2-4,6,9,12H2,1H3. The van der Waals surface area contributed by atoms with Gasteiger partial charge in [-0.2, -0.15) is 0 Å². The number of carbonyl (C=O) groups is 1. The molecular formula is C19H22N6O3. The molecule has 0 aromatic carbocycles. The van der Waals surface area contributed by atoms with Crippen molar-refractivity contribution in [2.75, 3.05) is 6.54 Å². The molecule has 1 N–H and O–H groups in total. The summed E-state index contributed by atoms with van der Waals surface area (Å²) in [6, 6.07) is 4.81. The summed E-state index contributed by atoms with van der Waals surface area (Å²) in [4.78, 5) is 47.0. The Bertz CT molecular complexity index is 1130. The van der Waals surface area contributed by atoms with Gasteiger partial charge in [0.15, 0.2) is 5.65 Å². The van der Waals surface area contributed by atoms with E-state index in [9.17, 15) is 14.4 Å². The molecule has 0 bridgehead atoms. The molecule has 1 atom stereocenters. The first-order valence-electron chi connectivity index (χ1n) is 9.49. The van der Waals surface area contributed by atoms with Gasteiger partial charge in [0, 0.05) is 36.8 Å². The lowest BCUT2D eigenvalue weighted by molar-refractivity contribution is -0.135. The van der Waals surface area contributed by atoms with Crippen molar-refractivity contribution in [3.05, 3.63) is 62.8 Å². The van der Waals surface area contributed by atoms with E-state index >= 15 is 0 Å². The van der Waals surface area contributed by atoms with Crippen LogP contribution >= 0.6 is 0 Å². The number of aromatic nitrogens is 5. The zero-order chi connectivity index (χ0) is 19.7. The summed E-state index contributed by atoms with van der Waals surface area (Å²) in [5, 5.41) is 3.11. The number of aromatic amines is 1. The van der Waals surface area contributed by atoms with Gasteiger partial charge in [0.1, 0.15) is 6.54 Å². The minimum absolute atomic E-state index is 0.0540. The van der Waals surface area contributed by atoms with Crippen LogP contribution in [0.4, 0.5) is 0 Å². The van der Waals surface area contributed by atoms with Gasteiger partial charge in [-0.25, -0.2) is 19.3 Å². The second-order valence-electron chi connectivity index (χ2n) is 6.97. The van der Waals surface area contributed by atoms with E-state index in [0.717, 1.165) is 30.7 Å². The quantitative estimate of drug-likeness (QED) is 0.722. The number of rotatable bonds is 4. The van der Waals surface area contributed by atoms with Crippen molar-refractivity contribution < 1.29 is 4.79 Å². The maximum absolute atomic E-state index is 12.9. The van der Waals surface area contributed by atoms with Gasteiger partial charge in [0.25, 0.3) is 5.56 Å². The first-order valence-corrected chi connectivity index (χ1v) is 9.49. The monoisotopic (exact) mass is 382 g/mol. The van der Waals surface area contributed by atoms with Crippen molar-refractivity contribution in [1.29, 1.82) is 0 Å². The Morgan fingerprint density at radius 3 is 2.93 bits per heavy atom. The molecule has 3 aromatic heterocycles. The van der Waals surface area contributed by atoms with Gasteiger partial charge in [-0.05, 0) is 31.7 Å². The van der Waals surface area contributed by atoms with E-state index in [-0.39, 0.29) is 24.1 Å². The van der Waals surface area contributed by atoms with Crippen molar-refractivity contribution >= 4 is 11.6 Å². The molecule has 0 saturated carbocycles. The predicted molar refractivity (Wildman–Crippen MR) is 102 cm³/mol. The Morgan fingerprint density at radius 1 is 1.29 bits per heavy atom. The maximum Gasteiger partial charge on any atom is 0.347 e. The van der Waals surface area contributed by atoms with E-state index in [1.807, 2.05) is 13.0 Å². The molecule has 146 valence electrons. The normalized spacial score (nSPS) is 17.2. The van der Waals surface area contributed by atoms with Gasteiger partial charge in [-0.15, -0.1) is 0 Å². The van der Waals surface area contributed by atoms with E-state index in [2.05, 4.69) is 15.1 Å². The highest BCUT2D eigenvalue weighted by atomic mass is 16.2. The van der Waals surface area contributed by atoms with Crippen molar-refractivity contribution in [3.63, 3.8) is 0 Å². The summed E-state index contributed by atoms with van der Waals surface area (Å²) >= 11 is 0. The fourth-order valence-electron chi connectivity index (χ4n) is 3.71. The summed E-state index contributed by atoms with van der Waals surface area (Å²) in [7, 11) is 0. The number of likely N-dealkylation sites (tertiary alicyclic amines) is 1. The number of fused-ring (bicyclic) bond motifs is 1. The zero-order valence-corrected chi connectivity index (χ0v) is 15.7. The van der Waals surface area contributed by atoms with Crippen LogP contribution in [0.5, 0.6) is 0 Å². The molecule has 1 aliphatic rings. The summed E-state index contributed by atoms with van der Waals surface area (Å²) in [5.41, 5.74) is 1.47. The first kappa shape index (κ1) is 18.1. The molecule has 3 aromatic rings. The minimum Gasteiger partial charge on any atom is -0.333 e. The van der Waals surface area contributed by atoms with Crippen molar-refractivity contribution in [2.24, 2.45) is 0 Å². The molecule has 4 heterocycles.